The lowest BCUT2D eigenvalue weighted by molar-refractivity contribution is 0.758. The average Bonchev–Trinajstić information content (AvgIpc) is 2.66. The van der Waals surface area contributed by atoms with Crippen molar-refractivity contribution >= 4 is 17.5 Å². The first-order chi connectivity index (χ1) is 12.3. The summed E-state index contributed by atoms with van der Waals surface area (Å²) in [6, 6.07) is 19.0. The molecular weight excluding hydrogens is 308 g/mol. The minimum absolute atomic E-state index is 0.669. The molecule has 4 nitrogen and oxygen atoms in total. The molecular formula is C21H22N4. The number of nitrogens with one attached hydrogen (secondary N) is 1. The van der Waals surface area contributed by atoms with E-state index in [1.54, 1.807) is 0 Å². The first-order valence-electron chi connectivity index (χ1n) is 8.77. The summed E-state index contributed by atoms with van der Waals surface area (Å²) in [6.45, 7) is 3.82. The second-order valence-electron chi connectivity index (χ2n) is 6.46. The van der Waals surface area contributed by atoms with E-state index in [0.29, 0.717) is 5.95 Å². The van der Waals surface area contributed by atoms with Gasteiger partial charge in [-0.2, -0.15) is 4.98 Å². The summed E-state index contributed by atoms with van der Waals surface area (Å²) in [4.78, 5) is 11.4. The zero-order valence-electron chi connectivity index (χ0n) is 14.4. The molecule has 25 heavy (non-hydrogen) atoms. The summed E-state index contributed by atoms with van der Waals surface area (Å²) in [5.41, 5.74) is 5.15. The zero-order chi connectivity index (χ0) is 17.1. The molecule has 2 heterocycles. The fraction of sp³-hybridized carbons (Fsp3) is 0.238. The summed E-state index contributed by atoms with van der Waals surface area (Å²) in [5.74, 6) is 1.62. The molecule has 1 aromatic heterocycles. The van der Waals surface area contributed by atoms with Gasteiger partial charge in [0.05, 0.1) is 0 Å². The Kier molecular flexibility index (Phi) is 4.34. The van der Waals surface area contributed by atoms with E-state index in [-0.39, 0.29) is 0 Å². The maximum Gasteiger partial charge on any atom is 0.224 e. The largest absolute Gasteiger partial charge is 0.350 e. The highest BCUT2D eigenvalue weighted by Crippen LogP contribution is 2.32. The van der Waals surface area contributed by atoms with E-state index < -0.39 is 0 Å². The van der Waals surface area contributed by atoms with Crippen LogP contribution < -0.4 is 10.2 Å². The van der Waals surface area contributed by atoms with Crippen LogP contribution in [0, 0.1) is 6.92 Å². The summed E-state index contributed by atoms with van der Waals surface area (Å²) < 4.78 is 0. The number of aryl methyl sites for hydroxylation is 2. The molecule has 0 radical (unpaired) electrons. The van der Waals surface area contributed by atoms with Crippen molar-refractivity contribution in [3.05, 3.63) is 77.5 Å². The predicted molar refractivity (Wildman–Crippen MR) is 102 cm³/mol. The van der Waals surface area contributed by atoms with Crippen LogP contribution in [-0.4, -0.2) is 16.5 Å². The smallest absolute Gasteiger partial charge is 0.224 e. The van der Waals surface area contributed by atoms with E-state index in [2.05, 4.69) is 70.7 Å². The lowest BCUT2D eigenvalue weighted by Gasteiger charge is -2.30. The van der Waals surface area contributed by atoms with Crippen LogP contribution in [0.3, 0.4) is 0 Å². The van der Waals surface area contributed by atoms with Gasteiger partial charge in [-0.25, -0.2) is 4.98 Å². The number of nitrogens with zero attached hydrogens (tertiary/aromatic N) is 3. The highest BCUT2D eigenvalue weighted by Gasteiger charge is 2.18. The first kappa shape index (κ1) is 15.6. The molecule has 0 atom stereocenters. The molecule has 0 amide bonds. The van der Waals surface area contributed by atoms with Gasteiger partial charge in [-0.15, -0.1) is 0 Å². The molecule has 0 bridgehead atoms. The van der Waals surface area contributed by atoms with Crippen LogP contribution in [0.2, 0.25) is 0 Å². The monoisotopic (exact) mass is 330 g/mol. The van der Waals surface area contributed by atoms with Crippen LogP contribution >= 0.6 is 0 Å². The molecule has 2 aromatic carbocycles. The van der Waals surface area contributed by atoms with Gasteiger partial charge in [0, 0.05) is 25.0 Å². The Morgan fingerprint density at radius 2 is 2.00 bits per heavy atom. The summed E-state index contributed by atoms with van der Waals surface area (Å²) >= 11 is 0. The van der Waals surface area contributed by atoms with Crippen LogP contribution in [0.4, 0.5) is 17.5 Å². The minimum atomic E-state index is 0.669. The normalized spacial score (nSPS) is 13.4. The number of benzene rings is 2. The second-order valence-corrected chi connectivity index (χ2v) is 6.46. The van der Waals surface area contributed by atoms with Gasteiger partial charge in [-0.3, -0.25) is 0 Å². The van der Waals surface area contributed by atoms with Gasteiger partial charge in [0.15, 0.2) is 0 Å². The van der Waals surface area contributed by atoms with Crippen molar-refractivity contribution in [3.63, 3.8) is 0 Å². The number of fused-ring (bicyclic) bond motifs is 1. The van der Waals surface area contributed by atoms with Crippen molar-refractivity contribution in [2.24, 2.45) is 0 Å². The predicted octanol–water partition coefficient (Wildman–Crippen LogP) is 4.48. The molecule has 1 N–H and O–H groups in total. The molecule has 1 aliphatic rings. The summed E-state index contributed by atoms with van der Waals surface area (Å²) in [7, 11) is 0. The van der Waals surface area contributed by atoms with E-state index >= 15 is 0 Å². The molecule has 0 fully saturated rings. The van der Waals surface area contributed by atoms with Gasteiger partial charge in [0.1, 0.15) is 5.82 Å². The zero-order valence-corrected chi connectivity index (χ0v) is 14.4. The lowest BCUT2D eigenvalue weighted by atomic mass is 10.0. The first-order valence-corrected chi connectivity index (χ1v) is 8.77. The molecule has 1 aliphatic heterocycles. The maximum atomic E-state index is 4.74. The third kappa shape index (κ3) is 3.48. The number of rotatable bonds is 4. The van der Waals surface area contributed by atoms with Crippen molar-refractivity contribution < 1.29 is 0 Å². The minimum Gasteiger partial charge on any atom is -0.350 e. The number of hydrogen-bond acceptors (Lipinski definition) is 4. The Hall–Kier alpha value is -2.88. The highest BCUT2D eigenvalue weighted by molar-refractivity contribution is 5.65. The van der Waals surface area contributed by atoms with E-state index in [9.17, 15) is 0 Å². The molecule has 4 rings (SSSR count). The van der Waals surface area contributed by atoms with Gasteiger partial charge in [0.2, 0.25) is 5.95 Å². The number of hydrogen-bond donors (Lipinski definition) is 1. The Bertz CT molecular complexity index is 875. The number of anilines is 3. The Labute approximate surface area is 148 Å². The van der Waals surface area contributed by atoms with E-state index in [0.717, 1.165) is 31.7 Å². The highest BCUT2D eigenvalue weighted by atomic mass is 15.2. The van der Waals surface area contributed by atoms with Crippen LogP contribution in [-0.2, 0) is 13.0 Å². The van der Waals surface area contributed by atoms with E-state index in [1.807, 2.05) is 12.3 Å². The fourth-order valence-corrected chi connectivity index (χ4v) is 3.36. The van der Waals surface area contributed by atoms with Crippen LogP contribution in [0.25, 0.3) is 0 Å². The molecule has 0 unspecified atom stereocenters. The topological polar surface area (TPSA) is 41.1 Å². The van der Waals surface area contributed by atoms with Crippen LogP contribution in [0.1, 0.15) is 23.1 Å². The summed E-state index contributed by atoms with van der Waals surface area (Å²) in [6.07, 6.45) is 4.11. The van der Waals surface area contributed by atoms with Crippen LogP contribution in [0.15, 0.2) is 60.8 Å². The van der Waals surface area contributed by atoms with Gasteiger partial charge in [-0.1, -0.05) is 48.0 Å². The average molecular weight is 330 g/mol. The Morgan fingerprint density at radius 1 is 1.08 bits per heavy atom. The van der Waals surface area contributed by atoms with Crippen molar-refractivity contribution in [2.45, 2.75) is 26.3 Å². The van der Waals surface area contributed by atoms with Gasteiger partial charge in [-0.05, 0) is 43.0 Å². The number of aromatic nitrogens is 2. The standard InChI is InChI=1S/C21H22N4/c1-16-6-4-7-17(14-16)15-23-21-22-12-11-20(24-21)25-13-5-9-18-8-2-3-10-19(18)25/h2-4,6-8,10-12,14H,5,9,13,15H2,1H3,(H,22,23,24). The molecule has 3 aromatic rings. The summed E-state index contributed by atoms with van der Waals surface area (Å²) in [5, 5.41) is 3.34. The van der Waals surface area contributed by atoms with Gasteiger partial charge in [0.25, 0.3) is 0 Å². The van der Waals surface area contributed by atoms with Gasteiger partial charge >= 0.3 is 0 Å². The third-order valence-electron chi connectivity index (χ3n) is 4.56. The number of para-hydroxylation sites is 1. The SMILES string of the molecule is Cc1cccc(CNc2nccc(N3CCCc4ccccc43)n2)c1. The quantitative estimate of drug-likeness (QED) is 0.766. The van der Waals surface area contributed by atoms with Crippen molar-refractivity contribution in [1.29, 1.82) is 0 Å². The van der Waals surface area contributed by atoms with Crippen molar-refractivity contribution in [1.82, 2.24) is 9.97 Å². The molecule has 4 heteroatoms. The molecule has 0 saturated heterocycles. The van der Waals surface area contributed by atoms with Crippen molar-refractivity contribution in [2.75, 3.05) is 16.8 Å². The van der Waals surface area contributed by atoms with E-state index in [4.69, 9.17) is 4.98 Å². The fourth-order valence-electron chi connectivity index (χ4n) is 3.36. The van der Waals surface area contributed by atoms with E-state index in [1.165, 1.54) is 22.4 Å². The lowest BCUT2D eigenvalue weighted by Crippen LogP contribution is -2.25. The second kappa shape index (κ2) is 6.93. The Balaban J connectivity index is 1.54. The Morgan fingerprint density at radius 3 is 2.92 bits per heavy atom. The molecule has 0 aliphatic carbocycles. The third-order valence-corrected chi connectivity index (χ3v) is 4.56. The molecule has 126 valence electrons. The molecule has 0 spiro atoms. The van der Waals surface area contributed by atoms with Crippen molar-refractivity contribution in [3.8, 4) is 0 Å². The van der Waals surface area contributed by atoms with Crippen LogP contribution in [0.5, 0.6) is 0 Å². The maximum absolute atomic E-state index is 4.74. The van der Waals surface area contributed by atoms with Gasteiger partial charge < -0.3 is 10.2 Å². The molecule has 0 saturated carbocycles.